The first-order chi connectivity index (χ1) is 7.50. The quantitative estimate of drug-likeness (QED) is 0.755. The van der Waals surface area contributed by atoms with Gasteiger partial charge in [-0.05, 0) is 19.8 Å². The highest BCUT2D eigenvalue weighted by molar-refractivity contribution is 7.89. The molecule has 0 saturated carbocycles. The third-order valence-electron chi connectivity index (χ3n) is 2.72. The fourth-order valence-corrected chi connectivity index (χ4v) is 3.36. The van der Waals surface area contributed by atoms with Gasteiger partial charge in [-0.25, -0.2) is 13.4 Å². The van der Waals surface area contributed by atoms with E-state index in [0.29, 0.717) is 18.9 Å². The zero-order valence-corrected chi connectivity index (χ0v) is 10.00. The molecule has 0 amide bonds. The van der Waals surface area contributed by atoms with Crippen molar-refractivity contribution in [2.75, 3.05) is 13.1 Å². The van der Waals surface area contributed by atoms with Crippen LogP contribution in [-0.2, 0) is 10.0 Å². The van der Waals surface area contributed by atoms with Gasteiger partial charge in [0.25, 0.3) is 10.0 Å². The van der Waals surface area contributed by atoms with E-state index in [0.717, 1.165) is 12.8 Å². The Morgan fingerprint density at radius 3 is 2.94 bits per heavy atom. The van der Waals surface area contributed by atoms with Crippen molar-refractivity contribution in [1.29, 1.82) is 0 Å². The van der Waals surface area contributed by atoms with Gasteiger partial charge in [0, 0.05) is 19.1 Å². The van der Waals surface area contributed by atoms with Crippen molar-refractivity contribution in [1.82, 2.24) is 14.3 Å². The molecule has 1 fully saturated rings. The van der Waals surface area contributed by atoms with Crippen LogP contribution >= 0.6 is 0 Å². The highest BCUT2D eigenvalue weighted by Crippen LogP contribution is 2.18. The van der Waals surface area contributed by atoms with E-state index in [9.17, 15) is 8.42 Å². The summed E-state index contributed by atoms with van der Waals surface area (Å²) < 4.78 is 25.7. The SMILES string of the molecule is Cc1ncc(S(=O)(=O)N2CCC[C@@H](N)C2)[nH]1. The van der Waals surface area contributed by atoms with Crippen molar-refractivity contribution in [3.05, 3.63) is 12.0 Å². The molecule has 90 valence electrons. The first-order valence-corrected chi connectivity index (χ1v) is 6.71. The number of imidazole rings is 1. The van der Waals surface area contributed by atoms with Crippen LogP contribution < -0.4 is 5.73 Å². The lowest BCUT2D eigenvalue weighted by Gasteiger charge is -2.29. The van der Waals surface area contributed by atoms with Gasteiger partial charge < -0.3 is 10.7 Å². The van der Waals surface area contributed by atoms with E-state index in [1.807, 2.05) is 0 Å². The van der Waals surface area contributed by atoms with Gasteiger partial charge in [-0.1, -0.05) is 0 Å². The van der Waals surface area contributed by atoms with Crippen molar-refractivity contribution in [2.24, 2.45) is 5.73 Å². The molecule has 2 rings (SSSR count). The number of aromatic amines is 1. The molecule has 0 bridgehead atoms. The van der Waals surface area contributed by atoms with E-state index in [1.54, 1.807) is 6.92 Å². The summed E-state index contributed by atoms with van der Waals surface area (Å²) in [5, 5.41) is 0.152. The first kappa shape index (κ1) is 11.6. The van der Waals surface area contributed by atoms with E-state index in [-0.39, 0.29) is 11.1 Å². The number of hydrogen-bond donors (Lipinski definition) is 2. The lowest BCUT2D eigenvalue weighted by atomic mass is 10.1. The second-order valence-corrected chi connectivity index (χ2v) is 6.00. The number of sulfonamides is 1. The zero-order valence-electron chi connectivity index (χ0n) is 9.18. The van der Waals surface area contributed by atoms with Crippen LogP contribution in [0.2, 0.25) is 0 Å². The third kappa shape index (κ3) is 2.11. The molecule has 0 unspecified atom stereocenters. The standard InChI is InChI=1S/C9H16N4O2S/c1-7-11-5-9(12-7)16(14,15)13-4-2-3-8(10)6-13/h5,8H,2-4,6,10H2,1H3,(H,11,12)/t8-/m1/s1. The van der Waals surface area contributed by atoms with E-state index < -0.39 is 10.0 Å². The summed E-state index contributed by atoms with van der Waals surface area (Å²) in [6.07, 6.45) is 3.05. The van der Waals surface area contributed by atoms with Crippen molar-refractivity contribution < 1.29 is 8.42 Å². The second kappa shape index (κ2) is 4.15. The molecule has 1 aromatic heterocycles. The number of nitrogens with one attached hydrogen (secondary N) is 1. The lowest BCUT2D eigenvalue weighted by molar-refractivity contribution is 0.315. The molecule has 1 atom stereocenters. The number of nitrogens with zero attached hydrogens (tertiary/aromatic N) is 2. The van der Waals surface area contributed by atoms with Crippen LogP contribution in [0.1, 0.15) is 18.7 Å². The lowest BCUT2D eigenvalue weighted by Crippen LogP contribution is -2.45. The maximum atomic E-state index is 12.1. The summed E-state index contributed by atoms with van der Waals surface area (Å²) >= 11 is 0. The molecule has 7 heteroatoms. The molecule has 6 nitrogen and oxygen atoms in total. The summed E-state index contributed by atoms with van der Waals surface area (Å²) in [6.45, 7) is 2.65. The van der Waals surface area contributed by atoms with Gasteiger partial charge in [-0.15, -0.1) is 0 Å². The van der Waals surface area contributed by atoms with Crippen LogP contribution in [0.15, 0.2) is 11.2 Å². The van der Waals surface area contributed by atoms with Gasteiger partial charge in [-0.2, -0.15) is 4.31 Å². The number of aryl methyl sites for hydroxylation is 1. The number of nitrogens with two attached hydrogens (primary N) is 1. The van der Waals surface area contributed by atoms with Crippen molar-refractivity contribution in [3.8, 4) is 0 Å². The number of aromatic nitrogens is 2. The number of piperidine rings is 1. The molecule has 1 saturated heterocycles. The van der Waals surface area contributed by atoms with Crippen molar-refractivity contribution >= 4 is 10.0 Å². The number of rotatable bonds is 2. The highest BCUT2D eigenvalue weighted by Gasteiger charge is 2.29. The predicted molar refractivity (Wildman–Crippen MR) is 59.3 cm³/mol. The largest absolute Gasteiger partial charge is 0.332 e. The van der Waals surface area contributed by atoms with Crippen LogP contribution in [0.25, 0.3) is 0 Å². The smallest absolute Gasteiger partial charge is 0.260 e. The average molecular weight is 244 g/mol. The Bertz CT molecular complexity index is 468. The molecule has 2 heterocycles. The first-order valence-electron chi connectivity index (χ1n) is 5.27. The maximum absolute atomic E-state index is 12.1. The van der Waals surface area contributed by atoms with Gasteiger partial charge in [0.1, 0.15) is 5.82 Å². The van der Waals surface area contributed by atoms with E-state index >= 15 is 0 Å². The van der Waals surface area contributed by atoms with E-state index in [2.05, 4.69) is 9.97 Å². The molecular formula is C9H16N4O2S. The molecule has 16 heavy (non-hydrogen) atoms. The van der Waals surface area contributed by atoms with Gasteiger partial charge in [0.05, 0.1) is 6.20 Å². The monoisotopic (exact) mass is 244 g/mol. The Labute approximate surface area is 94.9 Å². The molecule has 1 aromatic rings. The van der Waals surface area contributed by atoms with Crippen LogP contribution in [0, 0.1) is 6.92 Å². The molecule has 0 radical (unpaired) electrons. The minimum absolute atomic E-state index is 0.0625. The van der Waals surface area contributed by atoms with Gasteiger partial charge in [0.15, 0.2) is 5.03 Å². The summed E-state index contributed by atoms with van der Waals surface area (Å²) in [6, 6.07) is -0.0625. The van der Waals surface area contributed by atoms with Crippen LogP contribution in [0.3, 0.4) is 0 Å². The molecule has 0 aromatic carbocycles. The summed E-state index contributed by atoms with van der Waals surface area (Å²) in [4.78, 5) is 6.65. The molecule has 0 spiro atoms. The normalized spacial score (nSPS) is 23.5. The fraction of sp³-hybridized carbons (Fsp3) is 0.667. The molecule has 1 aliphatic rings. The fourth-order valence-electron chi connectivity index (χ4n) is 1.86. The second-order valence-electron chi connectivity index (χ2n) is 4.10. The minimum Gasteiger partial charge on any atom is -0.332 e. The Balaban J connectivity index is 2.25. The van der Waals surface area contributed by atoms with E-state index in [4.69, 9.17) is 5.73 Å². The van der Waals surface area contributed by atoms with Crippen molar-refractivity contribution in [3.63, 3.8) is 0 Å². The van der Waals surface area contributed by atoms with E-state index in [1.165, 1.54) is 10.5 Å². The Morgan fingerprint density at radius 2 is 2.38 bits per heavy atom. The highest BCUT2D eigenvalue weighted by atomic mass is 32.2. The van der Waals surface area contributed by atoms with Crippen LogP contribution in [-0.4, -0.2) is 41.8 Å². The van der Waals surface area contributed by atoms with Crippen molar-refractivity contribution in [2.45, 2.75) is 30.8 Å². The Kier molecular flexibility index (Phi) is 3.00. The summed E-state index contributed by atoms with van der Waals surface area (Å²) in [5.74, 6) is 0.597. The zero-order chi connectivity index (χ0) is 11.8. The van der Waals surface area contributed by atoms with Gasteiger partial charge in [-0.3, -0.25) is 0 Å². The van der Waals surface area contributed by atoms with Crippen LogP contribution in [0.5, 0.6) is 0 Å². The minimum atomic E-state index is -3.44. The topological polar surface area (TPSA) is 92.1 Å². The Hall–Kier alpha value is -0.920. The maximum Gasteiger partial charge on any atom is 0.260 e. The summed E-state index contributed by atoms with van der Waals surface area (Å²) in [7, 11) is -3.44. The van der Waals surface area contributed by atoms with Crippen LogP contribution in [0.4, 0.5) is 0 Å². The predicted octanol–water partition coefficient (Wildman–Crippen LogP) is -0.170. The van der Waals surface area contributed by atoms with Gasteiger partial charge in [0.2, 0.25) is 0 Å². The molecule has 0 aliphatic carbocycles. The molecular weight excluding hydrogens is 228 g/mol. The number of hydrogen-bond acceptors (Lipinski definition) is 4. The Morgan fingerprint density at radius 1 is 1.62 bits per heavy atom. The number of H-pyrrole nitrogens is 1. The average Bonchev–Trinajstić information content (AvgIpc) is 2.65. The van der Waals surface area contributed by atoms with Gasteiger partial charge >= 0.3 is 0 Å². The molecule has 1 aliphatic heterocycles. The summed E-state index contributed by atoms with van der Waals surface area (Å²) in [5.41, 5.74) is 5.77. The molecule has 3 N–H and O–H groups in total. The third-order valence-corrected chi connectivity index (χ3v) is 4.49.